The van der Waals surface area contributed by atoms with Crippen LogP contribution in [0.4, 0.5) is 0 Å². The minimum absolute atomic E-state index is 0. The van der Waals surface area contributed by atoms with Crippen LogP contribution < -0.4 is 10.6 Å². The monoisotopic (exact) mass is 433 g/mol. The van der Waals surface area contributed by atoms with Gasteiger partial charge in [0, 0.05) is 25.4 Å². The van der Waals surface area contributed by atoms with Gasteiger partial charge in [0.1, 0.15) is 0 Å². The number of guanidine groups is 1. The van der Waals surface area contributed by atoms with E-state index in [0.717, 1.165) is 12.3 Å². The molecule has 0 saturated heterocycles. The summed E-state index contributed by atoms with van der Waals surface area (Å²) >= 11 is 0. The Labute approximate surface area is 147 Å². The first-order chi connectivity index (χ1) is 9.30. The number of hydrogen-bond donors (Lipinski definition) is 2. The van der Waals surface area contributed by atoms with Crippen molar-refractivity contribution in [2.45, 2.75) is 53.0 Å². The predicted octanol–water partition coefficient (Wildman–Crippen LogP) is 2.42. The number of rotatable bonds is 9. The molecular weight excluding hydrogens is 401 g/mol. The highest BCUT2D eigenvalue weighted by atomic mass is 127. The summed E-state index contributed by atoms with van der Waals surface area (Å²) in [7, 11) is -1.22. The topological polar surface area (TPSA) is 70.6 Å². The van der Waals surface area contributed by atoms with Crippen LogP contribution >= 0.6 is 24.0 Å². The highest BCUT2D eigenvalue weighted by Gasteiger charge is 2.09. The molecule has 0 radical (unpaired) electrons. The maximum absolute atomic E-state index is 11.4. The second-order valence-electron chi connectivity index (χ2n) is 5.61. The van der Waals surface area contributed by atoms with Crippen molar-refractivity contribution in [2.75, 3.05) is 25.1 Å². The fourth-order valence-electron chi connectivity index (χ4n) is 1.80. The summed E-state index contributed by atoms with van der Waals surface area (Å²) in [5, 5.41) is 6.34. The van der Waals surface area contributed by atoms with Crippen LogP contribution in [-0.4, -0.2) is 45.5 Å². The molecule has 5 nitrogen and oxygen atoms in total. The smallest absolute Gasteiger partial charge is 0.191 e. The Balaban J connectivity index is 0. The third-order valence-electron chi connectivity index (χ3n) is 3.17. The summed E-state index contributed by atoms with van der Waals surface area (Å²) in [4.78, 5) is 4.12. The second kappa shape index (κ2) is 12.5. The van der Waals surface area contributed by atoms with E-state index >= 15 is 0 Å². The van der Waals surface area contributed by atoms with E-state index < -0.39 is 9.84 Å². The number of nitrogens with one attached hydrogen (secondary N) is 2. The maximum Gasteiger partial charge on any atom is 0.191 e. The molecule has 0 heterocycles. The van der Waals surface area contributed by atoms with E-state index in [4.69, 9.17) is 0 Å². The van der Waals surface area contributed by atoms with Gasteiger partial charge in [0.2, 0.25) is 0 Å². The molecule has 0 rings (SSSR count). The Bertz CT molecular complexity index is 384. The van der Waals surface area contributed by atoms with Gasteiger partial charge in [0.05, 0.1) is 5.75 Å². The summed E-state index contributed by atoms with van der Waals surface area (Å²) in [6, 6.07) is 0.336. The van der Waals surface area contributed by atoms with Crippen LogP contribution in [0.15, 0.2) is 4.99 Å². The Morgan fingerprint density at radius 2 is 1.81 bits per heavy atom. The Hall–Kier alpha value is -0.0500. The Morgan fingerprint density at radius 1 is 1.19 bits per heavy atom. The number of aliphatic imine (C=N–C) groups is 1. The van der Waals surface area contributed by atoms with Crippen molar-refractivity contribution < 1.29 is 8.42 Å². The summed E-state index contributed by atoms with van der Waals surface area (Å²) in [5.74, 6) is 1.74. The molecule has 2 N–H and O–H groups in total. The van der Waals surface area contributed by atoms with Gasteiger partial charge in [0.15, 0.2) is 15.8 Å². The molecule has 0 fully saturated rings. The molecule has 0 saturated carbocycles. The molecule has 0 aliphatic rings. The standard InChI is InChI=1S/C14H31N3O2S.HI/c1-6-20(18,19)11-10-16-14(15-5)17-13(4)9-7-8-12(2)3;/h12-13H,6-11H2,1-5H3,(H2,15,16,17);1H. The number of halogens is 1. The van der Waals surface area contributed by atoms with Crippen molar-refractivity contribution in [1.82, 2.24) is 10.6 Å². The van der Waals surface area contributed by atoms with Crippen LogP contribution in [0.3, 0.4) is 0 Å². The van der Waals surface area contributed by atoms with Crippen molar-refractivity contribution in [3.8, 4) is 0 Å². The summed E-state index contributed by atoms with van der Waals surface area (Å²) in [6.07, 6.45) is 3.51. The van der Waals surface area contributed by atoms with Crippen molar-refractivity contribution >= 4 is 39.8 Å². The third-order valence-corrected chi connectivity index (χ3v) is 4.88. The number of hydrogen-bond acceptors (Lipinski definition) is 3. The van der Waals surface area contributed by atoms with E-state index in [2.05, 4.69) is 36.4 Å². The molecule has 0 amide bonds. The SMILES string of the molecule is CCS(=O)(=O)CCNC(=NC)NC(C)CCCC(C)C.I. The van der Waals surface area contributed by atoms with Crippen LogP contribution in [0.25, 0.3) is 0 Å². The van der Waals surface area contributed by atoms with E-state index in [1.807, 2.05) is 0 Å². The molecule has 7 heteroatoms. The molecule has 0 aromatic carbocycles. The lowest BCUT2D eigenvalue weighted by Gasteiger charge is -2.18. The van der Waals surface area contributed by atoms with Gasteiger partial charge in [-0.2, -0.15) is 0 Å². The molecule has 0 aromatic rings. The first kappa shape index (κ1) is 23.2. The van der Waals surface area contributed by atoms with Crippen molar-refractivity contribution in [1.29, 1.82) is 0 Å². The summed E-state index contributed by atoms with van der Waals surface area (Å²) in [5.41, 5.74) is 0. The number of nitrogens with zero attached hydrogens (tertiary/aromatic N) is 1. The van der Waals surface area contributed by atoms with Crippen molar-refractivity contribution in [2.24, 2.45) is 10.9 Å². The van der Waals surface area contributed by atoms with Gasteiger partial charge in [-0.15, -0.1) is 24.0 Å². The van der Waals surface area contributed by atoms with Crippen LogP contribution in [-0.2, 0) is 9.84 Å². The quantitative estimate of drug-likeness (QED) is 0.333. The second-order valence-corrected chi connectivity index (χ2v) is 8.08. The highest BCUT2D eigenvalue weighted by Crippen LogP contribution is 2.08. The normalized spacial score (nSPS) is 13.7. The predicted molar refractivity (Wildman–Crippen MR) is 102 cm³/mol. The zero-order valence-corrected chi connectivity index (χ0v) is 17.1. The zero-order valence-electron chi connectivity index (χ0n) is 14.0. The van der Waals surface area contributed by atoms with E-state index in [0.29, 0.717) is 18.5 Å². The van der Waals surface area contributed by atoms with Crippen molar-refractivity contribution in [3.05, 3.63) is 0 Å². The molecule has 0 aromatic heterocycles. The van der Waals surface area contributed by atoms with Gasteiger partial charge < -0.3 is 10.6 Å². The zero-order chi connectivity index (χ0) is 15.6. The molecule has 1 unspecified atom stereocenters. The molecule has 128 valence electrons. The lowest BCUT2D eigenvalue weighted by atomic mass is 10.0. The lowest BCUT2D eigenvalue weighted by molar-refractivity contribution is 0.491. The first-order valence-corrected chi connectivity index (χ1v) is 9.30. The summed E-state index contributed by atoms with van der Waals surface area (Å²) in [6.45, 7) is 8.64. The summed E-state index contributed by atoms with van der Waals surface area (Å²) < 4.78 is 22.8. The Kier molecular flexibility index (Phi) is 13.8. The van der Waals surface area contributed by atoms with Crippen molar-refractivity contribution in [3.63, 3.8) is 0 Å². The third kappa shape index (κ3) is 13.3. The van der Waals surface area contributed by atoms with Gasteiger partial charge in [-0.25, -0.2) is 8.42 Å². The maximum atomic E-state index is 11.4. The molecule has 0 spiro atoms. The van der Waals surface area contributed by atoms with E-state index in [1.165, 1.54) is 12.8 Å². The average Bonchev–Trinajstić information content (AvgIpc) is 2.37. The van der Waals surface area contributed by atoms with Crippen LogP contribution in [0.1, 0.15) is 47.0 Å². The fourth-order valence-corrected chi connectivity index (χ4v) is 2.50. The fraction of sp³-hybridized carbons (Fsp3) is 0.929. The molecule has 21 heavy (non-hydrogen) atoms. The van der Waals surface area contributed by atoms with Crippen LogP contribution in [0.5, 0.6) is 0 Å². The average molecular weight is 433 g/mol. The number of sulfone groups is 1. The molecular formula is C14H32IN3O2S. The van der Waals surface area contributed by atoms with Crippen LogP contribution in [0, 0.1) is 5.92 Å². The van der Waals surface area contributed by atoms with Gasteiger partial charge in [-0.05, 0) is 19.3 Å². The van der Waals surface area contributed by atoms with E-state index in [-0.39, 0.29) is 35.5 Å². The van der Waals surface area contributed by atoms with Gasteiger partial charge in [-0.1, -0.05) is 33.6 Å². The largest absolute Gasteiger partial charge is 0.355 e. The first-order valence-electron chi connectivity index (χ1n) is 7.48. The molecule has 1 atom stereocenters. The minimum Gasteiger partial charge on any atom is -0.355 e. The molecule has 0 aliphatic heterocycles. The molecule has 0 aliphatic carbocycles. The van der Waals surface area contributed by atoms with Crippen LogP contribution in [0.2, 0.25) is 0 Å². The van der Waals surface area contributed by atoms with Gasteiger partial charge in [-0.3, -0.25) is 4.99 Å². The van der Waals surface area contributed by atoms with E-state index in [9.17, 15) is 8.42 Å². The van der Waals surface area contributed by atoms with Gasteiger partial charge >= 0.3 is 0 Å². The highest BCUT2D eigenvalue weighted by molar-refractivity contribution is 14.0. The lowest BCUT2D eigenvalue weighted by Crippen LogP contribution is -2.43. The van der Waals surface area contributed by atoms with E-state index in [1.54, 1.807) is 14.0 Å². The van der Waals surface area contributed by atoms with Gasteiger partial charge in [0.25, 0.3) is 0 Å². The molecule has 0 bridgehead atoms. The Morgan fingerprint density at radius 3 is 2.29 bits per heavy atom. The minimum atomic E-state index is -2.92.